The Morgan fingerprint density at radius 2 is 1.92 bits per heavy atom. The van der Waals surface area contributed by atoms with Crippen LogP contribution in [0.15, 0.2) is 0 Å². The number of hydrogen-bond donors (Lipinski definition) is 2. The van der Waals surface area contributed by atoms with Crippen LogP contribution < -0.4 is 11.2 Å². The van der Waals surface area contributed by atoms with E-state index in [0.717, 1.165) is 12.5 Å². The van der Waals surface area contributed by atoms with E-state index in [0.29, 0.717) is 6.04 Å². The third-order valence-electron chi connectivity index (χ3n) is 3.15. The minimum Gasteiger partial charge on any atom is -0.329 e. The lowest BCUT2D eigenvalue weighted by Gasteiger charge is -2.31. The molecule has 0 aromatic heterocycles. The Hall–Kier alpha value is -0.120. The largest absolute Gasteiger partial charge is 0.329 e. The number of hydrazine groups is 1. The molecule has 2 aliphatic rings. The van der Waals surface area contributed by atoms with Gasteiger partial charge in [0, 0.05) is 25.7 Å². The van der Waals surface area contributed by atoms with Crippen molar-refractivity contribution in [3.63, 3.8) is 0 Å². The van der Waals surface area contributed by atoms with Crippen molar-refractivity contribution < 1.29 is 0 Å². The van der Waals surface area contributed by atoms with Gasteiger partial charge in [-0.3, -0.25) is 5.43 Å². The predicted molar refractivity (Wildman–Crippen MR) is 54.1 cm³/mol. The lowest BCUT2D eigenvalue weighted by atomic mass is 10.1. The zero-order chi connectivity index (χ0) is 9.10. The Labute approximate surface area is 80.6 Å². The third-order valence-corrected chi connectivity index (χ3v) is 3.15. The molecule has 3 N–H and O–H groups in total. The summed E-state index contributed by atoms with van der Waals surface area (Å²) in [6, 6.07) is 0.554. The minimum atomic E-state index is 0.554. The predicted octanol–water partition coefficient (Wildman–Crippen LogP) is 0.714. The summed E-state index contributed by atoms with van der Waals surface area (Å²) in [6.45, 7) is 3.22. The monoisotopic (exact) mass is 183 g/mol. The quantitative estimate of drug-likeness (QED) is 0.674. The highest BCUT2D eigenvalue weighted by Gasteiger charge is 2.31. The third kappa shape index (κ3) is 2.66. The van der Waals surface area contributed by atoms with Crippen LogP contribution in [0.2, 0.25) is 0 Å². The highest BCUT2D eigenvalue weighted by molar-refractivity contribution is 4.86. The molecule has 1 atom stereocenters. The van der Waals surface area contributed by atoms with Crippen LogP contribution in [0.3, 0.4) is 0 Å². The molecule has 1 aliphatic carbocycles. The molecule has 2 rings (SSSR count). The Balaban J connectivity index is 1.73. The molecule has 0 amide bonds. The lowest BCUT2D eigenvalue weighted by Crippen LogP contribution is -2.50. The molecule has 0 aromatic rings. The molecule has 0 bridgehead atoms. The van der Waals surface area contributed by atoms with Crippen LogP contribution in [-0.2, 0) is 0 Å². The summed E-state index contributed by atoms with van der Waals surface area (Å²) < 4.78 is 0. The molecule has 2 fully saturated rings. The summed E-state index contributed by atoms with van der Waals surface area (Å²) in [4.78, 5) is 0. The van der Waals surface area contributed by atoms with Gasteiger partial charge in [0.25, 0.3) is 0 Å². The van der Waals surface area contributed by atoms with Crippen molar-refractivity contribution in [2.24, 2.45) is 11.7 Å². The topological polar surface area (TPSA) is 41.3 Å². The number of nitrogens with two attached hydrogens (primary N) is 1. The number of nitrogens with zero attached hydrogens (tertiary/aromatic N) is 1. The smallest absolute Gasteiger partial charge is 0.0366 e. The van der Waals surface area contributed by atoms with Gasteiger partial charge >= 0.3 is 0 Å². The first kappa shape index (κ1) is 9.44. The van der Waals surface area contributed by atoms with Crippen LogP contribution in [-0.4, -0.2) is 30.7 Å². The first-order valence-corrected chi connectivity index (χ1v) is 5.61. The van der Waals surface area contributed by atoms with Gasteiger partial charge in [-0.05, 0) is 31.6 Å². The van der Waals surface area contributed by atoms with Crippen molar-refractivity contribution in [1.29, 1.82) is 0 Å². The first-order valence-electron chi connectivity index (χ1n) is 5.61. The highest BCUT2D eigenvalue weighted by Crippen LogP contribution is 2.32. The maximum atomic E-state index is 5.74. The molecule has 13 heavy (non-hydrogen) atoms. The lowest BCUT2D eigenvalue weighted by molar-refractivity contribution is 0.123. The summed E-state index contributed by atoms with van der Waals surface area (Å²) in [5.41, 5.74) is 9.32. The summed E-state index contributed by atoms with van der Waals surface area (Å²) in [5, 5.41) is 2.37. The Morgan fingerprint density at radius 3 is 2.46 bits per heavy atom. The molecular weight excluding hydrogens is 162 g/mol. The van der Waals surface area contributed by atoms with Gasteiger partial charge < -0.3 is 5.73 Å². The summed E-state index contributed by atoms with van der Waals surface area (Å²) in [6.07, 6.45) is 6.84. The van der Waals surface area contributed by atoms with Gasteiger partial charge in [-0.25, -0.2) is 5.01 Å². The molecule has 0 radical (unpaired) electrons. The number of hydrogen-bond acceptors (Lipinski definition) is 3. The molecule has 1 aliphatic heterocycles. The molecular formula is C10H21N3. The van der Waals surface area contributed by atoms with Gasteiger partial charge in [0.05, 0.1) is 0 Å². The number of nitrogens with one attached hydrogen (secondary N) is 1. The second-order valence-corrected chi connectivity index (χ2v) is 4.36. The van der Waals surface area contributed by atoms with Gasteiger partial charge in [0.1, 0.15) is 0 Å². The fraction of sp³-hybridized carbons (Fsp3) is 1.00. The highest BCUT2D eigenvalue weighted by atomic mass is 15.5. The van der Waals surface area contributed by atoms with Gasteiger partial charge in [-0.2, -0.15) is 0 Å². The number of rotatable bonds is 4. The van der Waals surface area contributed by atoms with E-state index in [1.165, 1.54) is 45.2 Å². The first-order chi connectivity index (χ1) is 6.40. The van der Waals surface area contributed by atoms with Crippen LogP contribution >= 0.6 is 0 Å². The molecule has 1 heterocycles. The fourth-order valence-electron chi connectivity index (χ4n) is 2.11. The maximum Gasteiger partial charge on any atom is 0.0366 e. The number of piperidine rings is 1. The second-order valence-electron chi connectivity index (χ2n) is 4.36. The Morgan fingerprint density at radius 1 is 1.23 bits per heavy atom. The van der Waals surface area contributed by atoms with E-state index in [4.69, 9.17) is 5.73 Å². The summed E-state index contributed by atoms with van der Waals surface area (Å²) >= 11 is 0. The average molecular weight is 183 g/mol. The van der Waals surface area contributed by atoms with Crippen molar-refractivity contribution in [2.45, 2.75) is 38.1 Å². The minimum absolute atomic E-state index is 0.554. The van der Waals surface area contributed by atoms with Gasteiger partial charge in [0.2, 0.25) is 0 Å². The van der Waals surface area contributed by atoms with E-state index < -0.39 is 0 Å². The van der Waals surface area contributed by atoms with E-state index in [-0.39, 0.29) is 0 Å². The Kier molecular flexibility index (Phi) is 3.19. The van der Waals surface area contributed by atoms with Crippen LogP contribution in [0.25, 0.3) is 0 Å². The van der Waals surface area contributed by atoms with Crippen molar-refractivity contribution in [3.05, 3.63) is 0 Å². The fourth-order valence-corrected chi connectivity index (χ4v) is 2.11. The zero-order valence-electron chi connectivity index (χ0n) is 8.34. The molecule has 1 unspecified atom stereocenters. The zero-order valence-corrected chi connectivity index (χ0v) is 8.34. The van der Waals surface area contributed by atoms with Crippen LogP contribution in [0.4, 0.5) is 0 Å². The second kappa shape index (κ2) is 4.40. The van der Waals surface area contributed by atoms with Crippen LogP contribution in [0.5, 0.6) is 0 Å². The standard InChI is InChI=1S/C10H21N3/c11-8-10(9-4-5-9)12-13-6-2-1-3-7-13/h9-10,12H,1-8,11H2. The van der Waals surface area contributed by atoms with E-state index in [2.05, 4.69) is 10.4 Å². The average Bonchev–Trinajstić information content (AvgIpc) is 2.99. The Bertz CT molecular complexity index is 150. The molecule has 3 heteroatoms. The van der Waals surface area contributed by atoms with Crippen LogP contribution in [0.1, 0.15) is 32.1 Å². The van der Waals surface area contributed by atoms with Crippen molar-refractivity contribution in [3.8, 4) is 0 Å². The molecule has 0 spiro atoms. The van der Waals surface area contributed by atoms with Gasteiger partial charge in [0.15, 0.2) is 0 Å². The molecule has 3 nitrogen and oxygen atoms in total. The normalized spacial score (nSPS) is 27.5. The summed E-state index contributed by atoms with van der Waals surface area (Å²) in [7, 11) is 0. The maximum absolute atomic E-state index is 5.74. The van der Waals surface area contributed by atoms with Gasteiger partial charge in [-0.1, -0.05) is 6.42 Å². The summed E-state index contributed by atoms with van der Waals surface area (Å²) in [5.74, 6) is 0.868. The SMILES string of the molecule is NCC(NN1CCCCC1)C1CC1. The van der Waals surface area contributed by atoms with Crippen molar-refractivity contribution in [2.75, 3.05) is 19.6 Å². The van der Waals surface area contributed by atoms with Gasteiger partial charge in [-0.15, -0.1) is 0 Å². The molecule has 1 saturated carbocycles. The van der Waals surface area contributed by atoms with E-state index in [1.807, 2.05) is 0 Å². The molecule has 1 saturated heterocycles. The van der Waals surface area contributed by atoms with Crippen molar-refractivity contribution >= 4 is 0 Å². The van der Waals surface area contributed by atoms with E-state index in [1.54, 1.807) is 0 Å². The van der Waals surface area contributed by atoms with Crippen LogP contribution in [0, 0.1) is 5.92 Å². The van der Waals surface area contributed by atoms with E-state index in [9.17, 15) is 0 Å². The molecule has 0 aromatic carbocycles. The molecule has 76 valence electrons. The van der Waals surface area contributed by atoms with Crippen molar-refractivity contribution in [1.82, 2.24) is 10.4 Å². The van der Waals surface area contributed by atoms with E-state index >= 15 is 0 Å².